The number of benzene rings is 2. The van der Waals surface area contributed by atoms with E-state index < -0.39 is 0 Å². The van der Waals surface area contributed by atoms with E-state index in [9.17, 15) is 4.79 Å². The Labute approximate surface area is 158 Å². The van der Waals surface area contributed by atoms with Crippen LogP contribution in [-0.2, 0) is 6.54 Å². The zero-order valence-electron chi connectivity index (χ0n) is 15.4. The number of aromatic nitrogens is 2. The summed E-state index contributed by atoms with van der Waals surface area (Å²) in [4.78, 5) is 26.0. The van der Waals surface area contributed by atoms with E-state index in [-0.39, 0.29) is 5.91 Å². The Hall–Kier alpha value is -2.99. The maximum atomic E-state index is 12.7. The standard InChI is InChI=1S/C21H23N5O/c1-15-6-2-3-7-16(15)21(27)26-12-10-25(11-13-26)14-19-23-18-9-5-4-8-17(18)20(22)24-19/h2-9H,10-14H2,1H3,(H2,22,23,24). The van der Waals surface area contributed by atoms with Crippen molar-refractivity contribution in [1.82, 2.24) is 19.8 Å². The summed E-state index contributed by atoms with van der Waals surface area (Å²) < 4.78 is 0. The third-order valence-electron chi connectivity index (χ3n) is 5.08. The number of nitrogens with zero attached hydrogens (tertiary/aromatic N) is 4. The molecule has 1 amide bonds. The number of amides is 1. The van der Waals surface area contributed by atoms with E-state index in [1.54, 1.807) is 0 Å². The van der Waals surface area contributed by atoms with Crippen LogP contribution in [0, 0.1) is 6.92 Å². The molecule has 3 aromatic rings. The number of nitrogen functional groups attached to an aromatic ring is 1. The van der Waals surface area contributed by atoms with Crippen molar-refractivity contribution < 1.29 is 4.79 Å². The lowest BCUT2D eigenvalue weighted by Crippen LogP contribution is -2.48. The first-order valence-electron chi connectivity index (χ1n) is 9.20. The number of nitrogens with two attached hydrogens (primary N) is 1. The van der Waals surface area contributed by atoms with Gasteiger partial charge in [0.15, 0.2) is 0 Å². The SMILES string of the molecule is Cc1ccccc1C(=O)N1CCN(Cc2nc(N)c3ccccc3n2)CC1. The number of hydrogen-bond acceptors (Lipinski definition) is 5. The van der Waals surface area contributed by atoms with Gasteiger partial charge in [0.05, 0.1) is 12.1 Å². The highest BCUT2D eigenvalue weighted by Crippen LogP contribution is 2.18. The summed E-state index contributed by atoms with van der Waals surface area (Å²) in [7, 11) is 0. The summed E-state index contributed by atoms with van der Waals surface area (Å²) in [5, 5.41) is 0.884. The molecule has 2 heterocycles. The first-order chi connectivity index (χ1) is 13.1. The second-order valence-electron chi connectivity index (χ2n) is 6.93. The number of rotatable bonds is 3. The molecule has 0 spiro atoms. The monoisotopic (exact) mass is 361 g/mol. The summed E-state index contributed by atoms with van der Waals surface area (Å²) in [5.74, 6) is 1.35. The van der Waals surface area contributed by atoms with E-state index in [1.165, 1.54) is 0 Å². The van der Waals surface area contributed by atoms with Gasteiger partial charge in [-0.2, -0.15) is 0 Å². The van der Waals surface area contributed by atoms with Gasteiger partial charge in [-0.05, 0) is 30.7 Å². The normalized spacial score (nSPS) is 15.2. The zero-order chi connectivity index (χ0) is 18.8. The van der Waals surface area contributed by atoms with Gasteiger partial charge in [-0.25, -0.2) is 9.97 Å². The topological polar surface area (TPSA) is 75.4 Å². The highest BCUT2D eigenvalue weighted by atomic mass is 16.2. The molecule has 1 aromatic heterocycles. The number of anilines is 1. The number of aryl methyl sites for hydroxylation is 1. The molecule has 1 fully saturated rings. The quantitative estimate of drug-likeness (QED) is 0.776. The second-order valence-corrected chi connectivity index (χ2v) is 6.93. The number of para-hydroxylation sites is 1. The van der Waals surface area contributed by atoms with E-state index in [4.69, 9.17) is 5.73 Å². The van der Waals surface area contributed by atoms with Crippen LogP contribution in [0.1, 0.15) is 21.7 Å². The molecule has 0 unspecified atom stereocenters. The molecule has 1 aliphatic rings. The first kappa shape index (κ1) is 17.4. The van der Waals surface area contributed by atoms with E-state index in [1.807, 2.05) is 60.4 Å². The molecule has 0 atom stereocenters. The van der Waals surface area contributed by atoms with E-state index in [0.717, 1.165) is 40.9 Å². The van der Waals surface area contributed by atoms with Crippen molar-refractivity contribution in [2.24, 2.45) is 0 Å². The van der Waals surface area contributed by atoms with Crippen molar-refractivity contribution >= 4 is 22.6 Å². The Morgan fingerprint density at radius 1 is 1.00 bits per heavy atom. The average Bonchev–Trinajstić information content (AvgIpc) is 2.68. The predicted molar refractivity (Wildman–Crippen MR) is 106 cm³/mol. The Morgan fingerprint density at radius 3 is 2.48 bits per heavy atom. The Bertz CT molecular complexity index is 979. The van der Waals surface area contributed by atoms with Gasteiger partial charge in [0.1, 0.15) is 11.6 Å². The van der Waals surface area contributed by atoms with Gasteiger partial charge in [0.2, 0.25) is 0 Å². The number of hydrogen-bond donors (Lipinski definition) is 1. The van der Waals surface area contributed by atoms with E-state index >= 15 is 0 Å². The molecule has 0 radical (unpaired) electrons. The maximum absolute atomic E-state index is 12.7. The molecule has 0 saturated carbocycles. The molecule has 27 heavy (non-hydrogen) atoms. The van der Waals surface area contributed by atoms with Crippen LogP contribution in [0.2, 0.25) is 0 Å². The molecule has 1 saturated heterocycles. The minimum Gasteiger partial charge on any atom is -0.383 e. The lowest BCUT2D eigenvalue weighted by Gasteiger charge is -2.34. The smallest absolute Gasteiger partial charge is 0.254 e. The molecule has 1 aliphatic heterocycles. The molecule has 6 heteroatoms. The van der Waals surface area contributed by atoms with Crippen LogP contribution < -0.4 is 5.73 Å². The fourth-order valence-corrected chi connectivity index (χ4v) is 3.51. The van der Waals surface area contributed by atoms with Gasteiger partial charge in [-0.15, -0.1) is 0 Å². The van der Waals surface area contributed by atoms with Crippen molar-refractivity contribution in [2.75, 3.05) is 31.9 Å². The van der Waals surface area contributed by atoms with Crippen LogP contribution in [0.3, 0.4) is 0 Å². The molecule has 138 valence electrons. The van der Waals surface area contributed by atoms with E-state index in [2.05, 4.69) is 14.9 Å². The predicted octanol–water partition coefficient (Wildman–Crippen LogP) is 2.48. The van der Waals surface area contributed by atoms with Crippen molar-refractivity contribution in [2.45, 2.75) is 13.5 Å². The first-order valence-corrected chi connectivity index (χ1v) is 9.20. The van der Waals surface area contributed by atoms with Gasteiger partial charge >= 0.3 is 0 Å². The Kier molecular flexibility index (Phi) is 4.73. The van der Waals surface area contributed by atoms with Gasteiger partial charge in [-0.3, -0.25) is 9.69 Å². The lowest BCUT2D eigenvalue weighted by molar-refractivity contribution is 0.0625. The van der Waals surface area contributed by atoms with Gasteiger partial charge < -0.3 is 10.6 Å². The molecule has 2 N–H and O–H groups in total. The van der Waals surface area contributed by atoms with Crippen LogP contribution >= 0.6 is 0 Å². The second kappa shape index (κ2) is 7.32. The summed E-state index contributed by atoms with van der Waals surface area (Å²) in [6.07, 6.45) is 0. The van der Waals surface area contributed by atoms with Crippen molar-refractivity contribution in [3.63, 3.8) is 0 Å². The number of carbonyl (C=O) groups excluding carboxylic acids is 1. The summed E-state index contributed by atoms with van der Waals surface area (Å²) in [6.45, 7) is 5.63. The lowest BCUT2D eigenvalue weighted by atomic mass is 10.1. The van der Waals surface area contributed by atoms with E-state index in [0.29, 0.717) is 25.5 Å². The number of piperazine rings is 1. The molecular weight excluding hydrogens is 338 g/mol. The molecule has 2 aromatic carbocycles. The largest absolute Gasteiger partial charge is 0.383 e. The van der Waals surface area contributed by atoms with Crippen LogP contribution in [-0.4, -0.2) is 51.9 Å². The minimum atomic E-state index is 0.110. The minimum absolute atomic E-state index is 0.110. The van der Waals surface area contributed by atoms with Crippen molar-refractivity contribution in [1.29, 1.82) is 0 Å². The maximum Gasteiger partial charge on any atom is 0.254 e. The fraction of sp³-hybridized carbons (Fsp3) is 0.286. The number of carbonyl (C=O) groups is 1. The Morgan fingerprint density at radius 2 is 1.70 bits per heavy atom. The highest BCUT2D eigenvalue weighted by Gasteiger charge is 2.23. The van der Waals surface area contributed by atoms with Gasteiger partial charge in [0, 0.05) is 37.1 Å². The van der Waals surface area contributed by atoms with Crippen LogP contribution in [0.5, 0.6) is 0 Å². The zero-order valence-corrected chi connectivity index (χ0v) is 15.4. The average molecular weight is 361 g/mol. The fourth-order valence-electron chi connectivity index (χ4n) is 3.51. The highest BCUT2D eigenvalue weighted by molar-refractivity contribution is 5.95. The molecule has 6 nitrogen and oxygen atoms in total. The summed E-state index contributed by atoms with van der Waals surface area (Å²) >= 11 is 0. The van der Waals surface area contributed by atoms with Crippen molar-refractivity contribution in [3.8, 4) is 0 Å². The molecule has 0 bridgehead atoms. The van der Waals surface area contributed by atoms with Crippen LogP contribution in [0.15, 0.2) is 48.5 Å². The van der Waals surface area contributed by atoms with Crippen molar-refractivity contribution in [3.05, 3.63) is 65.5 Å². The number of fused-ring (bicyclic) bond motifs is 1. The Balaban J connectivity index is 1.41. The summed E-state index contributed by atoms with van der Waals surface area (Å²) in [6, 6.07) is 15.5. The third-order valence-corrected chi connectivity index (χ3v) is 5.08. The van der Waals surface area contributed by atoms with Gasteiger partial charge in [0.25, 0.3) is 5.91 Å². The third kappa shape index (κ3) is 3.61. The summed E-state index contributed by atoms with van der Waals surface area (Å²) in [5.41, 5.74) is 8.76. The molecule has 0 aliphatic carbocycles. The molecular formula is C21H23N5O. The van der Waals surface area contributed by atoms with Crippen LogP contribution in [0.4, 0.5) is 5.82 Å². The molecule has 4 rings (SSSR count). The van der Waals surface area contributed by atoms with Crippen LogP contribution in [0.25, 0.3) is 10.9 Å². The van der Waals surface area contributed by atoms with Gasteiger partial charge in [-0.1, -0.05) is 30.3 Å².